The van der Waals surface area contributed by atoms with Crippen LogP contribution in [0.15, 0.2) is 96.1 Å². The Morgan fingerprint density at radius 2 is 1.35 bits per heavy atom. The highest BCUT2D eigenvalue weighted by molar-refractivity contribution is 6.06. The summed E-state index contributed by atoms with van der Waals surface area (Å²) >= 11 is 0. The maximum atomic E-state index is 13.6. The zero-order valence-electron chi connectivity index (χ0n) is 35.6. The first-order valence-electron chi connectivity index (χ1n) is 21.1. The van der Waals surface area contributed by atoms with Gasteiger partial charge in [-0.15, -0.1) is 0 Å². The van der Waals surface area contributed by atoms with E-state index in [1.165, 1.54) is 30.5 Å². The molecule has 0 radical (unpaired) electrons. The molecule has 318 valence electrons. The lowest BCUT2D eigenvalue weighted by atomic mass is 9.90. The van der Waals surface area contributed by atoms with Gasteiger partial charge < -0.3 is 34.1 Å². The highest BCUT2D eigenvalue weighted by Crippen LogP contribution is 2.42. The van der Waals surface area contributed by atoms with Gasteiger partial charge in [0.2, 0.25) is 0 Å². The predicted octanol–water partition coefficient (Wildman–Crippen LogP) is 7.79. The molecule has 9 nitrogen and oxygen atoms in total. The second-order valence-corrected chi connectivity index (χ2v) is 16.8. The molecule has 3 aliphatic heterocycles. The number of likely N-dealkylation sites (N-methyl/N-ethyl adjacent to an activating group) is 2. The number of carbonyl (C=O) groups excluding carboxylic acids is 1. The Labute approximate surface area is 353 Å². The topological polar surface area (TPSA) is 75.7 Å². The van der Waals surface area contributed by atoms with Crippen LogP contribution in [0.25, 0.3) is 11.1 Å². The van der Waals surface area contributed by atoms with Crippen LogP contribution in [-0.4, -0.2) is 114 Å². The number of ether oxygens (including phenoxy) is 4. The molecule has 3 heterocycles. The van der Waals surface area contributed by atoms with E-state index >= 15 is 0 Å². The van der Waals surface area contributed by atoms with E-state index in [4.69, 9.17) is 18.9 Å². The Bertz CT molecular complexity index is 2160. The fraction of sp³-hybridized carbons (Fsp3) is 0.408. The molecular formula is C49H58F2N4O5. The average molecular weight is 821 g/mol. The molecule has 0 unspecified atom stereocenters. The van der Waals surface area contributed by atoms with Crippen molar-refractivity contribution in [2.24, 2.45) is 11.8 Å². The van der Waals surface area contributed by atoms with Gasteiger partial charge in [0, 0.05) is 62.5 Å². The Kier molecular flexibility index (Phi) is 14.2. The van der Waals surface area contributed by atoms with Gasteiger partial charge in [0.25, 0.3) is 5.91 Å². The quantitative estimate of drug-likeness (QED) is 0.138. The number of carbonyl (C=O) groups is 1. The molecule has 2 fully saturated rings. The van der Waals surface area contributed by atoms with Gasteiger partial charge in [-0.1, -0.05) is 38.1 Å². The van der Waals surface area contributed by atoms with Crippen molar-refractivity contribution < 1.29 is 32.5 Å². The second-order valence-electron chi connectivity index (χ2n) is 16.8. The van der Waals surface area contributed by atoms with Crippen molar-refractivity contribution in [1.29, 1.82) is 0 Å². The standard InChI is InChI=1S/C25H29FN2O2.C24H29FN2O3/c1-27-10-12-28(13-11-27)15-20-17-30-24-9-8-22(29-16-18-2-3-18)14-23(24)25(20)19-4-6-21(26)7-5-19;1-16(2)14-29-19-9-10-22-20(13-19)23(17-5-7-18(25)8-6-17)21(15-30-22)24(28)26-11-12-27(3)4/h4-9,14,18H,2-3,10-13,15-17H2,1H3;5-10,13,16H,11-12,14-15H2,1-4H3,(H,26,28). The third-order valence-electron chi connectivity index (χ3n) is 11.0. The molecule has 4 aromatic rings. The number of rotatable bonds is 14. The van der Waals surface area contributed by atoms with Crippen LogP contribution in [0.4, 0.5) is 8.78 Å². The number of benzene rings is 4. The zero-order valence-corrected chi connectivity index (χ0v) is 35.6. The van der Waals surface area contributed by atoms with Gasteiger partial charge in [-0.2, -0.15) is 0 Å². The summed E-state index contributed by atoms with van der Waals surface area (Å²) in [4.78, 5) is 19.8. The van der Waals surface area contributed by atoms with Crippen molar-refractivity contribution in [2.45, 2.75) is 26.7 Å². The van der Waals surface area contributed by atoms with Crippen LogP contribution in [0.1, 0.15) is 48.9 Å². The summed E-state index contributed by atoms with van der Waals surface area (Å²) in [5, 5.41) is 2.96. The van der Waals surface area contributed by atoms with Gasteiger partial charge in [-0.3, -0.25) is 9.69 Å². The lowest BCUT2D eigenvalue weighted by Gasteiger charge is -2.34. The van der Waals surface area contributed by atoms with Crippen LogP contribution in [0.2, 0.25) is 0 Å². The first-order chi connectivity index (χ1) is 29.0. The van der Waals surface area contributed by atoms with Crippen molar-refractivity contribution in [2.75, 3.05) is 93.4 Å². The average Bonchev–Trinajstić information content (AvgIpc) is 4.08. The Morgan fingerprint density at radius 3 is 1.93 bits per heavy atom. The third-order valence-corrected chi connectivity index (χ3v) is 11.0. The molecule has 4 aliphatic rings. The van der Waals surface area contributed by atoms with Gasteiger partial charge in [-0.25, -0.2) is 8.78 Å². The molecule has 0 atom stereocenters. The molecule has 60 heavy (non-hydrogen) atoms. The summed E-state index contributed by atoms with van der Waals surface area (Å²) < 4.78 is 51.1. The largest absolute Gasteiger partial charge is 0.493 e. The Hall–Kier alpha value is -5.23. The SMILES string of the molecule is CC(C)COc1ccc2c(c1)C(c1ccc(F)cc1)=C(C(=O)NCCN(C)C)CO2.CN1CCN(CC2=C(c3ccc(F)cc3)c3cc(OCC4CC4)ccc3OC2)CC1. The van der Waals surface area contributed by atoms with Crippen LogP contribution < -0.4 is 24.3 Å². The Balaban J connectivity index is 0.000000181. The summed E-state index contributed by atoms with van der Waals surface area (Å²) in [7, 11) is 6.08. The maximum absolute atomic E-state index is 13.6. The number of nitrogens with one attached hydrogen (secondary N) is 1. The number of piperazine rings is 1. The van der Waals surface area contributed by atoms with E-state index in [2.05, 4.69) is 42.1 Å². The molecule has 1 saturated heterocycles. The van der Waals surface area contributed by atoms with E-state index in [-0.39, 0.29) is 24.1 Å². The normalized spacial score (nSPS) is 16.7. The number of amides is 1. The molecular weight excluding hydrogens is 763 g/mol. The molecule has 1 N–H and O–H groups in total. The van der Waals surface area contributed by atoms with E-state index in [9.17, 15) is 13.6 Å². The van der Waals surface area contributed by atoms with Gasteiger partial charge in [0.1, 0.15) is 47.8 Å². The minimum absolute atomic E-state index is 0.152. The van der Waals surface area contributed by atoms with Crippen molar-refractivity contribution in [3.05, 3.63) is 130 Å². The first-order valence-corrected chi connectivity index (χ1v) is 21.1. The van der Waals surface area contributed by atoms with Crippen LogP contribution in [0.5, 0.6) is 23.0 Å². The molecule has 11 heteroatoms. The van der Waals surface area contributed by atoms with Gasteiger partial charge in [0.15, 0.2) is 0 Å². The lowest BCUT2D eigenvalue weighted by molar-refractivity contribution is -0.117. The smallest absolute Gasteiger partial charge is 0.251 e. The van der Waals surface area contributed by atoms with Gasteiger partial charge in [0.05, 0.1) is 18.8 Å². The maximum Gasteiger partial charge on any atom is 0.251 e. The van der Waals surface area contributed by atoms with E-state index in [1.54, 1.807) is 24.3 Å². The molecule has 0 bridgehead atoms. The Morgan fingerprint density at radius 1 is 0.783 bits per heavy atom. The molecule has 1 amide bonds. The fourth-order valence-corrected chi connectivity index (χ4v) is 7.42. The number of fused-ring (bicyclic) bond motifs is 2. The van der Waals surface area contributed by atoms with Crippen molar-refractivity contribution in [1.82, 2.24) is 20.0 Å². The van der Waals surface area contributed by atoms with Crippen LogP contribution >= 0.6 is 0 Å². The summed E-state index contributed by atoms with van der Waals surface area (Å²) in [5.41, 5.74) is 7.29. The van der Waals surface area contributed by atoms with Crippen molar-refractivity contribution in [3.8, 4) is 23.0 Å². The number of nitrogens with zero attached hydrogens (tertiary/aromatic N) is 3. The minimum atomic E-state index is -0.322. The van der Waals surface area contributed by atoms with Crippen LogP contribution in [0.3, 0.4) is 0 Å². The number of halogens is 2. The van der Waals surface area contributed by atoms with Crippen molar-refractivity contribution >= 4 is 17.1 Å². The van der Waals surface area contributed by atoms with E-state index in [0.717, 1.165) is 90.8 Å². The third kappa shape index (κ3) is 11.3. The molecule has 1 saturated carbocycles. The molecule has 1 aliphatic carbocycles. The summed E-state index contributed by atoms with van der Waals surface area (Å²) in [6.07, 6.45) is 2.54. The second kappa shape index (κ2) is 19.9. The number of hydrogen-bond acceptors (Lipinski definition) is 8. The predicted molar refractivity (Wildman–Crippen MR) is 233 cm³/mol. The summed E-state index contributed by atoms with van der Waals surface area (Å²) in [6.45, 7) is 12.6. The van der Waals surface area contributed by atoms with E-state index in [1.807, 2.05) is 61.5 Å². The van der Waals surface area contributed by atoms with Gasteiger partial charge in [-0.05, 0) is 129 Å². The minimum Gasteiger partial charge on any atom is -0.493 e. The molecule has 8 rings (SSSR count). The molecule has 0 aromatic heterocycles. The molecule has 0 spiro atoms. The number of hydrogen-bond donors (Lipinski definition) is 1. The monoisotopic (exact) mass is 820 g/mol. The first kappa shape index (κ1) is 42.9. The van der Waals surface area contributed by atoms with E-state index < -0.39 is 0 Å². The van der Waals surface area contributed by atoms with Gasteiger partial charge >= 0.3 is 0 Å². The van der Waals surface area contributed by atoms with Crippen molar-refractivity contribution in [3.63, 3.8) is 0 Å². The summed E-state index contributed by atoms with van der Waals surface area (Å²) in [6, 6.07) is 24.7. The van der Waals surface area contributed by atoms with Crippen LogP contribution in [0, 0.1) is 23.5 Å². The highest BCUT2D eigenvalue weighted by atomic mass is 19.1. The highest BCUT2D eigenvalue weighted by Gasteiger charge is 2.28. The molecule has 4 aromatic carbocycles. The fourth-order valence-electron chi connectivity index (χ4n) is 7.42. The summed E-state index contributed by atoms with van der Waals surface area (Å²) in [5.74, 6) is 3.51. The zero-order chi connectivity index (χ0) is 42.2. The lowest BCUT2D eigenvalue weighted by Crippen LogP contribution is -2.45. The van der Waals surface area contributed by atoms with Crippen LogP contribution in [-0.2, 0) is 4.79 Å². The van der Waals surface area contributed by atoms with E-state index in [0.29, 0.717) is 48.7 Å².